The fraction of sp³-hybridized carbons (Fsp3) is 0.619. The van der Waals surface area contributed by atoms with Crippen molar-refractivity contribution in [2.45, 2.75) is 45.2 Å². The molecule has 1 aliphatic carbocycles. The van der Waals surface area contributed by atoms with Crippen LogP contribution < -0.4 is 10.6 Å². The summed E-state index contributed by atoms with van der Waals surface area (Å²) in [6.45, 7) is 7.27. The van der Waals surface area contributed by atoms with E-state index in [0.29, 0.717) is 36.1 Å². The van der Waals surface area contributed by atoms with Crippen molar-refractivity contribution in [3.8, 4) is 0 Å². The molecule has 1 heterocycles. The number of aliphatic imine (C=N–C) groups is 1. The molecule has 1 aliphatic heterocycles. The molecule has 2 N–H and O–H groups in total. The monoisotopic (exact) mass is 423 g/mol. The maximum Gasteiger partial charge on any atom is 0.220 e. The minimum atomic E-state index is -0.249. The molecule has 1 saturated carbocycles. The Balaban J connectivity index is 1.45. The summed E-state index contributed by atoms with van der Waals surface area (Å²) >= 11 is 6.16. The van der Waals surface area contributed by atoms with Crippen LogP contribution in [0.3, 0.4) is 0 Å². The van der Waals surface area contributed by atoms with E-state index in [9.17, 15) is 9.18 Å². The van der Waals surface area contributed by atoms with Crippen LogP contribution in [-0.4, -0.2) is 67.0 Å². The summed E-state index contributed by atoms with van der Waals surface area (Å²) in [7, 11) is 0. The molecule has 0 bridgehead atoms. The average molecular weight is 424 g/mol. The second-order valence-electron chi connectivity index (χ2n) is 7.64. The fourth-order valence-corrected chi connectivity index (χ4v) is 3.63. The zero-order chi connectivity index (χ0) is 20.6. The Morgan fingerprint density at radius 2 is 2.03 bits per heavy atom. The van der Waals surface area contributed by atoms with E-state index in [1.807, 2.05) is 0 Å². The number of carbonyl (C=O) groups excluding carboxylic acids is 1. The third-order valence-corrected chi connectivity index (χ3v) is 5.57. The van der Waals surface area contributed by atoms with Crippen molar-refractivity contribution in [2.75, 3.05) is 39.3 Å². The number of amides is 1. The van der Waals surface area contributed by atoms with Crippen LogP contribution >= 0.6 is 11.6 Å². The predicted molar refractivity (Wildman–Crippen MR) is 115 cm³/mol. The quantitative estimate of drug-likeness (QED) is 0.383. The van der Waals surface area contributed by atoms with Crippen LogP contribution in [-0.2, 0) is 11.3 Å². The molecule has 1 amide bonds. The molecule has 8 heteroatoms. The summed E-state index contributed by atoms with van der Waals surface area (Å²) < 4.78 is 14.0. The fourth-order valence-electron chi connectivity index (χ4n) is 3.40. The van der Waals surface area contributed by atoms with Gasteiger partial charge in [-0.15, -0.1) is 0 Å². The second kappa shape index (κ2) is 10.8. The van der Waals surface area contributed by atoms with Crippen LogP contribution in [0.4, 0.5) is 4.39 Å². The highest BCUT2D eigenvalue weighted by Crippen LogP contribution is 2.21. The van der Waals surface area contributed by atoms with Gasteiger partial charge in [0, 0.05) is 68.9 Å². The Bertz CT molecular complexity index is 697. The van der Waals surface area contributed by atoms with E-state index in [2.05, 4.69) is 27.4 Å². The molecule has 0 aromatic heterocycles. The third-order valence-electron chi connectivity index (χ3n) is 5.22. The zero-order valence-corrected chi connectivity index (χ0v) is 17.8. The van der Waals surface area contributed by atoms with E-state index in [-0.39, 0.29) is 11.7 Å². The van der Waals surface area contributed by atoms with Crippen molar-refractivity contribution in [1.29, 1.82) is 0 Å². The van der Waals surface area contributed by atoms with Gasteiger partial charge in [0.2, 0.25) is 5.91 Å². The van der Waals surface area contributed by atoms with Crippen molar-refractivity contribution in [1.82, 2.24) is 20.4 Å². The summed E-state index contributed by atoms with van der Waals surface area (Å²) in [5, 5.41) is 6.83. The van der Waals surface area contributed by atoms with Gasteiger partial charge in [0.15, 0.2) is 5.96 Å². The summed E-state index contributed by atoms with van der Waals surface area (Å²) in [6.07, 6.45) is 3.50. The number of rotatable bonds is 8. The van der Waals surface area contributed by atoms with Gasteiger partial charge in [-0.3, -0.25) is 14.7 Å². The topological polar surface area (TPSA) is 60.0 Å². The number of guanidine groups is 1. The summed E-state index contributed by atoms with van der Waals surface area (Å²) in [4.78, 5) is 20.9. The van der Waals surface area contributed by atoms with Crippen molar-refractivity contribution in [3.63, 3.8) is 0 Å². The number of hydrogen-bond donors (Lipinski definition) is 2. The van der Waals surface area contributed by atoms with Gasteiger partial charge >= 0.3 is 0 Å². The largest absolute Gasteiger partial charge is 0.357 e. The Hall–Kier alpha value is -1.86. The number of hydrogen-bond acceptors (Lipinski definition) is 3. The molecule has 1 saturated heterocycles. The SMILES string of the molecule is CCNC(=NCCCC(=O)NC1CC1)N1CCN(Cc2c(F)cccc2Cl)CC1. The van der Waals surface area contributed by atoms with Crippen LogP contribution in [0.15, 0.2) is 23.2 Å². The third kappa shape index (κ3) is 6.85. The number of carbonyl (C=O) groups is 1. The molecule has 2 fully saturated rings. The first-order valence-electron chi connectivity index (χ1n) is 10.5. The predicted octanol–water partition coefficient (Wildman–Crippen LogP) is 2.62. The molecule has 0 radical (unpaired) electrons. The molecular formula is C21H31ClFN5O. The van der Waals surface area contributed by atoms with Gasteiger partial charge in [-0.2, -0.15) is 0 Å². The number of piperazine rings is 1. The van der Waals surface area contributed by atoms with E-state index >= 15 is 0 Å². The average Bonchev–Trinajstić information content (AvgIpc) is 3.52. The molecule has 6 nitrogen and oxygen atoms in total. The molecule has 1 aromatic rings. The first-order valence-corrected chi connectivity index (χ1v) is 10.9. The van der Waals surface area contributed by atoms with Crippen LogP contribution in [0.2, 0.25) is 5.02 Å². The number of nitrogens with one attached hydrogen (secondary N) is 2. The highest BCUT2D eigenvalue weighted by atomic mass is 35.5. The first-order chi connectivity index (χ1) is 14.1. The van der Waals surface area contributed by atoms with Crippen LogP contribution in [0.25, 0.3) is 0 Å². The van der Waals surface area contributed by atoms with Crippen molar-refractivity contribution >= 4 is 23.5 Å². The summed E-state index contributed by atoms with van der Waals surface area (Å²) in [5.74, 6) is 0.771. The summed E-state index contributed by atoms with van der Waals surface area (Å²) in [6, 6.07) is 5.24. The zero-order valence-electron chi connectivity index (χ0n) is 17.1. The number of nitrogens with zero attached hydrogens (tertiary/aromatic N) is 3. The normalized spacial score (nSPS) is 18.0. The van der Waals surface area contributed by atoms with E-state index < -0.39 is 0 Å². The number of benzene rings is 1. The smallest absolute Gasteiger partial charge is 0.220 e. The Morgan fingerprint density at radius 1 is 1.28 bits per heavy atom. The minimum absolute atomic E-state index is 0.133. The lowest BCUT2D eigenvalue weighted by Crippen LogP contribution is -2.52. The molecule has 2 aliphatic rings. The second-order valence-corrected chi connectivity index (χ2v) is 8.05. The molecule has 0 spiro atoms. The minimum Gasteiger partial charge on any atom is -0.357 e. The van der Waals surface area contributed by atoms with Crippen LogP contribution in [0.5, 0.6) is 0 Å². The van der Waals surface area contributed by atoms with E-state index in [4.69, 9.17) is 16.6 Å². The first kappa shape index (κ1) is 21.8. The van der Waals surface area contributed by atoms with E-state index in [1.165, 1.54) is 6.07 Å². The molecular weight excluding hydrogens is 393 g/mol. The highest BCUT2D eigenvalue weighted by molar-refractivity contribution is 6.31. The van der Waals surface area contributed by atoms with Gasteiger partial charge in [-0.25, -0.2) is 4.39 Å². The molecule has 0 unspecified atom stereocenters. The van der Waals surface area contributed by atoms with Crippen molar-refractivity contribution in [3.05, 3.63) is 34.6 Å². The Kier molecular flexibility index (Phi) is 8.12. The van der Waals surface area contributed by atoms with Gasteiger partial charge in [-0.1, -0.05) is 17.7 Å². The summed E-state index contributed by atoms with van der Waals surface area (Å²) in [5.41, 5.74) is 0.563. The van der Waals surface area contributed by atoms with Crippen LogP contribution in [0.1, 0.15) is 38.2 Å². The molecule has 3 rings (SSSR count). The lowest BCUT2D eigenvalue weighted by molar-refractivity contribution is -0.121. The molecule has 0 atom stereocenters. The molecule has 160 valence electrons. The van der Waals surface area contributed by atoms with Gasteiger partial charge in [-0.05, 0) is 38.3 Å². The van der Waals surface area contributed by atoms with Gasteiger partial charge in [0.25, 0.3) is 0 Å². The molecule has 29 heavy (non-hydrogen) atoms. The number of halogens is 2. The maximum absolute atomic E-state index is 14.0. The lowest BCUT2D eigenvalue weighted by atomic mass is 10.2. The maximum atomic E-state index is 14.0. The van der Waals surface area contributed by atoms with Crippen molar-refractivity contribution in [2.24, 2.45) is 4.99 Å². The lowest BCUT2D eigenvalue weighted by Gasteiger charge is -2.36. The van der Waals surface area contributed by atoms with E-state index in [1.54, 1.807) is 12.1 Å². The standard InChI is InChI=1S/C21H31ClFN5O/c1-2-24-21(25-10-4-7-20(29)26-16-8-9-16)28-13-11-27(12-14-28)15-17-18(22)5-3-6-19(17)23/h3,5-6,16H,2,4,7-15H2,1H3,(H,24,25)(H,26,29). The van der Waals surface area contributed by atoms with Crippen molar-refractivity contribution < 1.29 is 9.18 Å². The highest BCUT2D eigenvalue weighted by Gasteiger charge is 2.23. The van der Waals surface area contributed by atoms with Gasteiger partial charge in [0.05, 0.1) is 0 Å². The molecule has 1 aromatic carbocycles. The van der Waals surface area contributed by atoms with Crippen LogP contribution in [0, 0.1) is 5.82 Å². The van der Waals surface area contributed by atoms with Gasteiger partial charge in [0.1, 0.15) is 5.82 Å². The Morgan fingerprint density at radius 3 is 2.69 bits per heavy atom. The Labute approximate surface area is 177 Å². The van der Waals surface area contributed by atoms with Gasteiger partial charge < -0.3 is 15.5 Å². The van der Waals surface area contributed by atoms with E-state index in [0.717, 1.165) is 57.9 Å².